The fourth-order valence-electron chi connectivity index (χ4n) is 2.91. The lowest BCUT2D eigenvalue weighted by atomic mass is 10.2. The predicted molar refractivity (Wildman–Crippen MR) is 108 cm³/mol. The standard InChI is InChI=1S/C17H20Cl3N3OS/c1-22-5-7-23(8-6-22)4-2-3-21-17(24)16-15(20)14-12(19)9-11(18)10-13(14)25-16/h9-10H,2-8H2,1H3,(H,21,24). The number of likely N-dealkylation sites (N-methyl/N-ethyl adjacent to an activating group) is 1. The SMILES string of the molecule is CN1CCN(CCCNC(=O)c2sc3cc(Cl)cc(Cl)c3c2Cl)CC1. The van der Waals surface area contributed by atoms with Gasteiger partial charge in [0.25, 0.3) is 5.91 Å². The number of thiophene rings is 1. The van der Waals surface area contributed by atoms with Crippen molar-refractivity contribution in [2.45, 2.75) is 6.42 Å². The summed E-state index contributed by atoms with van der Waals surface area (Å²) in [7, 11) is 2.14. The van der Waals surface area contributed by atoms with E-state index >= 15 is 0 Å². The molecule has 0 saturated carbocycles. The van der Waals surface area contributed by atoms with Crippen LogP contribution in [0.2, 0.25) is 15.1 Å². The van der Waals surface area contributed by atoms with Gasteiger partial charge in [-0.1, -0.05) is 34.8 Å². The Kier molecular flexibility index (Phi) is 6.47. The summed E-state index contributed by atoms with van der Waals surface area (Å²) < 4.78 is 0.824. The molecule has 0 aliphatic carbocycles. The zero-order valence-electron chi connectivity index (χ0n) is 13.9. The smallest absolute Gasteiger partial charge is 0.262 e. The van der Waals surface area contributed by atoms with Crippen molar-refractivity contribution in [3.05, 3.63) is 32.1 Å². The average molecular weight is 421 g/mol. The Labute approximate surface area is 166 Å². The summed E-state index contributed by atoms with van der Waals surface area (Å²) in [6.07, 6.45) is 0.921. The van der Waals surface area contributed by atoms with Crippen molar-refractivity contribution in [3.63, 3.8) is 0 Å². The van der Waals surface area contributed by atoms with Crippen LogP contribution in [0.1, 0.15) is 16.1 Å². The molecule has 1 aliphatic rings. The molecule has 2 aromatic rings. The van der Waals surface area contributed by atoms with Crippen LogP contribution >= 0.6 is 46.1 Å². The molecule has 1 N–H and O–H groups in total. The lowest BCUT2D eigenvalue weighted by molar-refractivity contribution is 0.0953. The summed E-state index contributed by atoms with van der Waals surface area (Å²) in [4.78, 5) is 17.7. The van der Waals surface area contributed by atoms with Crippen molar-refractivity contribution in [3.8, 4) is 0 Å². The van der Waals surface area contributed by atoms with Gasteiger partial charge in [0.1, 0.15) is 4.88 Å². The highest BCUT2D eigenvalue weighted by molar-refractivity contribution is 7.21. The number of hydrogen-bond donors (Lipinski definition) is 1. The highest BCUT2D eigenvalue weighted by Crippen LogP contribution is 2.41. The van der Waals surface area contributed by atoms with Gasteiger partial charge in [0.15, 0.2) is 0 Å². The first kappa shape index (κ1) is 19.2. The van der Waals surface area contributed by atoms with Crippen molar-refractivity contribution < 1.29 is 4.79 Å². The van der Waals surface area contributed by atoms with Gasteiger partial charge < -0.3 is 15.1 Å². The van der Waals surface area contributed by atoms with Gasteiger partial charge in [-0.25, -0.2) is 0 Å². The molecule has 3 rings (SSSR count). The maximum absolute atomic E-state index is 12.4. The summed E-state index contributed by atoms with van der Waals surface area (Å²) in [5, 5.41) is 5.06. The normalized spacial score (nSPS) is 16.5. The van der Waals surface area contributed by atoms with Crippen molar-refractivity contribution in [1.82, 2.24) is 15.1 Å². The van der Waals surface area contributed by atoms with Crippen molar-refractivity contribution >= 4 is 62.1 Å². The largest absolute Gasteiger partial charge is 0.351 e. The van der Waals surface area contributed by atoms with Crippen LogP contribution in [0.25, 0.3) is 10.1 Å². The molecule has 0 bridgehead atoms. The number of rotatable bonds is 5. The third kappa shape index (κ3) is 4.59. The Bertz CT molecular complexity index is 772. The van der Waals surface area contributed by atoms with Gasteiger partial charge in [-0.3, -0.25) is 4.79 Å². The van der Waals surface area contributed by atoms with Gasteiger partial charge in [-0.2, -0.15) is 0 Å². The van der Waals surface area contributed by atoms with Gasteiger partial charge in [-0.05, 0) is 32.1 Å². The maximum Gasteiger partial charge on any atom is 0.262 e. The fraction of sp³-hybridized carbons (Fsp3) is 0.471. The van der Waals surface area contributed by atoms with Crippen molar-refractivity contribution in [2.24, 2.45) is 0 Å². The molecule has 0 unspecified atom stereocenters. The molecule has 1 amide bonds. The van der Waals surface area contributed by atoms with E-state index in [0.29, 0.717) is 31.9 Å². The van der Waals surface area contributed by atoms with Crippen LogP contribution in [0.5, 0.6) is 0 Å². The van der Waals surface area contributed by atoms with Crippen LogP contribution in [0.15, 0.2) is 12.1 Å². The highest BCUT2D eigenvalue weighted by Gasteiger charge is 2.19. The molecule has 1 aliphatic heterocycles. The number of carbonyl (C=O) groups is 1. The number of benzene rings is 1. The van der Waals surface area contributed by atoms with Gasteiger partial charge >= 0.3 is 0 Å². The van der Waals surface area contributed by atoms with E-state index in [2.05, 4.69) is 22.2 Å². The van der Waals surface area contributed by atoms with E-state index in [9.17, 15) is 4.79 Å². The monoisotopic (exact) mass is 419 g/mol. The van der Waals surface area contributed by atoms with E-state index < -0.39 is 0 Å². The fourth-order valence-corrected chi connectivity index (χ4v) is 5.21. The van der Waals surface area contributed by atoms with E-state index in [1.165, 1.54) is 11.3 Å². The van der Waals surface area contributed by atoms with Crippen LogP contribution < -0.4 is 5.32 Å². The molecule has 0 atom stereocenters. The van der Waals surface area contributed by atoms with Crippen molar-refractivity contribution in [2.75, 3.05) is 46.3 Å². The van der Waals surface area contributed by atoms with E-state index in [1.807, 2.05) is 0 Å². The molecule has 0 spiro atoms. The number of amides is 1. The summed E-state index contributed by atoms with van der Waals surface area (Å²) >= 11 is 19.9. The number of piperazine rings is 1. The second-order valence-corrected chi connectivity index (χ2v) is 8.53. The van der Waals surface area contributed by atoms with Crippen LogP contribution in [0.3, 0.4) is 0 Å². The number of carbonyl (C=O) groups excluding carboxylic acids is 1. The zero-order valence-corrected chi connectivity index (χ0v) is 17.0. The molecule has 1 fully saturated rings. The Balaban J connectivity index is 1.56. The van der Waals surface area contributed by atoms with E-state index in [0.717, 1.165) is 43.8 Å². The Morgan fingerprint density at radius 1 is 1.20 bits per heavy atom. The minimum atomic E-state index is -0.156. The van der Waals surface area contributed by atoms with Crippen LogP contribution in [-0.2, 0) is 0 Å². The lowest BCUT2D eigenvalue weighted by Gasteiger charge is -2.32. The number of nitrogens with zero attached hydrogens (tertiary/aromatic N) is 2. The van der Waals surface area contributed by atoms with Gasteiger partial charge in [0, 0.05) is 47.8 Å². The Hall–Kier alpha value is -0.560. The predicted octanol–water partition coefficient (Wildman–Crippen LogP) is 4.23. The highest BCUT2D eigenvalue weighted by atomic mass is 35.5. The Morgan fingerprint density at radius 3 is 2.64 bits per heavy atom. The minimum absolute atomic E-state index is 0.156. The quantitative estimate of drug-likeness (QED) is 0.735. The summed E-state index contributed by atoms with van der Waals surface area (Å²) in [6, 6.07) is 3.42. The molecule has 1 aromatic carbocycles. The Morgan fingerprint density at radius 2 is 1.92 bits per heavy atom. The maximum atomic E-state index is 12.4. The lowest BCUT2D eigenvalue weighted by Crippen LogP contribution is -2.45. The summed E-state index contributed by atoms with van der Waals surface area (Å²) in [5.41, 5.74) is 0. The van der Waals surface area contributed by atoms with Gasteiger partial charge in [0.2, 0.25) is 0 Å². The zero-order chi connectivity index (χ0) is 18.0. The van der Waals surface area contributed by atoms with Gasteiger partial charge in [-0.15, -0.1) is 11.3 Å². The number of hydrogen-bond acceptors (Lipinski definition) is 4. The molecule has 8 heteroatoms. The van der Waals surface area contributed by atoms with E-state index in [1.54, 1.807) is 12.1 Å². The topological polar surface area (TPSA) is 35.6 Å². The number of nitrogens with one attached hydrogen (secondary N) is 1. The minimum Gasteiger partial charge on any atom is -0.351 e. The first-order chi connectivity index (χ1) is 12.0. The number of fused-ring (bicyclic) bond motifs is 1. The second-order valence-electron chi connectivity index (χ2n) is 6.26. The van der Waals surface area contributed by atoms with Crippen LogP contribution in [0.4, 0.5) is 0 Å². The molecule has 0 radical (unpaired) electrons. The van der Waals surface area contributed by atoms with Crippen molar-refractivity contribution in [1.29, 1.82) is 0 Å². The van der Waals surface area contributed by atoms with Crippen LogP contribution in [-0.4, -0.2) is 62.0 Å². The first-order valence-electron chi connectivity index (χ1n) is 8.22. The number of halogens is 3. The average Bonchev–Trinajstić information content (AvgIpc) is 2.90. The molecule has 1 saturated heterocycles. The third-order valence-electron chi connectivity index (χ3n) is 4.39. The molecule has 4 nitrogen and oxygen atoms in total. The summed E-state index contributed by atoms with van der Waals surface area (Å²) in [5.74, 6) is -0.156. The first-order valence-corrected chi connectivity index (χ1v) is 10.2. The molecular formula is C17H20Cl3N3OS. The second kappa shape index (κ2) is 8.42. The van der Waals surface area contributed by atoms with Crippen LogP contribution in [0, 0.1) is 0 Å². The van der Waals surface area contributed by atoms with E-state index in [4.69, 9.17) is 34.8 Å². The summed E-state index contributed by atoms with van der Waals surface area (Å²) in [6.45, 7) is 6.01. The third-order valence-corrected chi connectivity index (χ3v) is 6.53. The molecule has 25 heavy (non-hydrogen) atoms. The van der Waals surface area contributed by atoms with Gasteiger partial charge in [0.05, 0.1) is 10.0 Å². The molecule has 1 aromatic heterocycles. The van der Waals surface area contributed by atoms with E-state index in [-0.39, 0.29) is 5.91 Å². The molecular weight excluding hydrogens is 401 g/mol. The molecule has 2 heterocycles. The molecule has 136 valence electrons.